The van der Waals surface area contributed by atoms with E-state index in [1.807, 2.05) is 13.8 Å². The van der Waals surface area contributed by atoms with Crippen molar-refractivity contribution in [1.82, 2.24) is 4.90 Å². The third-order valence-electron chi connectivity index (χ3n) is 3.23. The minimum Gasteiger partial charge on any atom is -0.364 e. The molecule has 0 unspecified atom stereocenters. The van der Waals surface area contributed by atoms with Gasteiger partial charge in [0.15, 0.2) is 0 Å². The van der Waals surface area contributed by atoms with Crippen molar-refractivity contribution < 1.29 is 0 Å². The molecule has 1 aromatic carbocycles. The molecule has 0 atom stereocenters. The van der Waals surface area contributed by atoms with Gasteiger partial charge in [-0.25, -0.2) is 0 Å². The molecule has 0 N–H and O–H groups in total. The van der Waals surface area contributed by atoms with Gasteiger partial charge in [0.25, 0.3) is 0 Å². The molecule has 1 aliphatic rings. The molecule has 18 heavy (non-hydrogen) atoms. The predicted octanol–water partition coefficient (Wildman–Crippen LogP) is 4.01. The van der Waals surface area contributed by atoms with E-state index in [9.17, 15) is 0 Å². The van der Waals surface area contributed by atoms with Crippen LogP contribution < -0.4 is 4.90 Å². The average molecular weight is 313 g/mol. The molecule has 0 bridgehead atoms. The third-order valence-corrected chi connectivity index (χ3v) is 3.76. The maximum Gasteiger partial charge on any atom is 0.0473 e. The lowest BCUT2D eigenvalue weighted by atomic mass is 9.98. The zero-order valence-corrected chi connectivity index (χ0v) is 13.8. The Labute approximate surface area is 120 Å². The number of piperazine rings is 1. The molecule has 2 nitrogen and oxygen atoms in total. The zero-order chi connectivity index (χ0) is 13.8. The van der Waals surface area contributed by atoms with Gasteiger partial charge >= 0.3 is 0 Å². The molecular weight excluding hydrogens is 288 g/mol. The van der Waals surface area contributed by atoms with Gasteiger partial charge in [0, 0.05) is 35.3 Å². The molecule has 1 heterocycles. The zero-order valence-electron chi connectivity index (χ0n) is 12.2. The van der Waals surface area contributed by atoms with Crippen LogP contribution in [-0.4, -0.2) is 37.1 Å². The van der Waals surface area contributed by atoms with Crippen LogP contribution in [0.15, 0.2) is 28.7 Å². The molecule has 0 radical (unpaired) electrons. The van der Waals surface area contributed by atoms with Crippen LogP contribution in [0.5, 0.6) is 0 Å². The number of likely N-dealkylation sites (N-methyl/N-ethyl adjacent to an activating group) is 1. The van der Waals surface area contributed by atoms with Crippen LogP contribution in [0.3, 0.4) is 0 Å². The van der Waals surface area contributed by atoms with Gasteiger partial charge in [-0.2, -0.15) is 0 Å². The Bertz CT molecular complexity index is 359. The van der Waals surface area contributed by atoms with Crippen molar-refractivity contribution in [3.63, 3.8) is 0 Å². The summed E-state index contributed by atoms with van der Waals surface area (Å²) in [6.45, 7) is 12.0. The molecule has 1 aromatic rings. The molecule has 2 rings (SSSR count). The predicted molar refractivity (Wildman–Crippen MR) is 84.4 cm³/mol. The second-order valence-electron chi connectivity index (χ2n) is 5.18. The van der Waals surface area contributed by atoms with Crippen LogP contribution in [0, 0.1) is 0 Å². The third kappa shape index (κ3) is 3.72. The lowest BCUT2D eigenvalue weighted by Crippen LogP contribution is -2.58. The van der Waals surface area contributed by atoms with Gasteiger partial charge in [0.1, 0.15) is 0 Å². The summed E-state index contributed by atoms with van der Waals surface area (Å²) in [7, 11) is 2.20. The van der Waals surface area contributed by atoms with Crippen LogP contribution in [-0.2, 0) is 0 Å². The number of hydrogen-bond acceptors (Lipinski definition) is 2. The van der Waals surface area contributed by atoms with Crippen molar-refractivity contribution in [2.45, 2.75) is 33.2 Å². The summed E-state index contributed by atoms with van der Waals surface area (Å²) in [6, 6.07) is 8.61. The monoisotopic (exact) mass is 312 g/mol. The van der Waals surface area contributed by atoms with E-state index in [1.165, 1.54) is 5.69 Å². The largest absolute Gasteiger partial charge is 0.364 e. The molecule has 1 saturated heterocycles. The molecule has 1 aliphatic heterocycles. The van der Waals surface area contributed by atoms with Gasteiger partial charge in [-0.15, -0.1) is 0 Å². The van der Waals surface area contributed by atoms with Crippen LogP contribution >= 0.6 is 15.9 Å². The van der Waals surface area contributed by atoms with Gasteiger partial charge < -0.3 is 9.80 Å². The normalized spacial score (nSPS) is 19.1. The summed E-state index contributed by atoms with van der Waals surface area (Å²) in [5.41, 5.74) is 1.53. The van der Waals surface area contributed by atoms with Crippen molar-refractivity contribution in [3.05, 3.63) is 28.7 Å². The number of nitrogens with zero attached hydrogens (tertiary/aromatic N) is 2. The van der Waals surface area contributed by atoms with E-state index in [0.717, 1.165) is 24.1 Å². The minimum atomic E-state index is 0.209. The Morgan fingerprint density at radius 3 is 2.11 bits per heavy atom. The molecular formula is C15H25BrN2. The van der Waals surface area contributed by atoms with Crippen molar-refractivity contribution in [3.8, 4) is 0 Å². The van der Waals surface area contributed by atoms with Crippen molar-refractivity contribution in [1.29, 1.82) is 0 Å². The Morgan fingerprint density at radius 2 is 1.61 bits per heavy atom. The maximum atomic E-state index is 3.48. The summed E-state index contributed by atoms with van der Waals surface area (Å²) < 4.78 is 1.14. The number of hydrogen-bond donors (Lipinski definition) is 0. The second kappa shape index (κ2) is 6.58. The first-order chi connectivity index (χ1) is 8.49. The molecule has 0 spiro atoms. The molecule has 0 saturated carbocycles. The number of anilines is 1. The van der Waals surface area contributed by atoms with Gasteiger partial charge in [0.05, 0.1) is 0 Å². The fourth-order valence-corrected chi connectivity index (χ4v) is 2.76. The van der Waals surface area contributed by atoms with Crippen molar-refractivity contribution in [2.75, 3.05) is 31.6 Å². The average Bonchev–Trinajstić information content (AvgIpc) is 2.32. The lowest BCUT2D eigenvalue weighted by molar-refractivity contribution is 0.218. The summed E-state index contributed by atoms with van der Waals surface area (Å²) in [5, 5.41) is 0. The van der Waals surface area contributed by atoms with E-state index in [4.69, 9.17) is 0 Å². The van der Waals surface area contributed by atoms with E-state index < -0.39 is 0 Å². The smallest absolute Gasteiger partial charge is 0.0473 e. The van der Waals surface area contributed by atoms with Crippen molar-refractivity contribution >= 4 is 21.6 Å². The van der Waals surface area contributed by atoms with Crippen molar-refractivity contribution in [2.24, 2.45) is 0 Å². The van der Waals surface area contributed by atoms with E-state index in [2.05, 4.69) is 70.9 Å². The van der Waals surface area contributed by atoms with E-state index in [-0.39, 0.29) is 5.54 Å². The highest BCUT2D eigenvalue weighted by Gasteiger charge is 2.32. The Balaban J connectivity index is 0.000000771. The van der Waals surface area contributed by atoms with E-state index >= 15 is 0 Å². The Morgan fingerprint density at radius 1 is 1.06 bits per heavy atom. The van der Waals surface area contributed by atoms with E-state index in [1.54, 1.807) is 0 Å². The standard InChI is InChI=1S/C13H19BrN2.C2H6/c1-13(2)10-15(3)8-9-16(13)12-6-4-11(14)5-7-12;1-2/h4-7H,8-10H2,1-3H3;1-2H3. The summed E-state index contributed by atoms with van der Waals surface area (Å²) in [4.78, 5) is 4.90. The van der Waals surface area contributed by atoms with Gasteiger partial charge in [0.2, 0.25) is 0 Å². The summed E-state index contributed by atoms with van der Waals surface area (Å²) in [5.74, 6) is 0. The Hall–Kier alpha value is -0.540. The van der Waals surface area contributed by atoms with Crippen LogP contribution in [0.1, 0.15) is 27.7 Å². The van der Waals surface area contributed by atoms with Crippen LogP contribution in [0.4, 0.5) is 5.69 Å². The maximum absolute atomic E-state index is 3.48. The second-order valence-corrected chi connectivity index (χ2v) is 6.09. The molecule has 102 valence electrons. The van der Waals surface area contributed by atoms with Gasteiger partial charge in [-0.1, -0.05) is 29.8 Å². The minimum absolute atomic E-state index is 0.209. The van der Waals surface area contributed by atoms with Gasteiger partial charge in [-0.3, -0.25) is 0 Å². The topological polar surface area (TPSA) is 6.48 Å². The first-order valence-corrected chi connectivity index (χ1v) is 7.50. The highest BCUT2D eigenvalue weighted by molar-refractivity contribution is 9.10. The molecule has 1 fully saturated rings. The first kappa shape index (κ1) is 15.5. The van der Waals surface area contributed by atoms with Crippen LogP contribution in [0.25, 0.3) is 0 Å². The van der Waals surface area contributed by atoms with Gasteiger partial charge in [-0.05, 0) is 45.2 Å². The molecule has 0 aromatic heterocycles. The van der Waals surface area contributed by atoms with Crippen LogP contribution in [0.2, 0.25) is 0 Å². The summed E-state index contributed by atoms with van der Waals surface area (Å²) >= 11 is 3.48. The molecule has 0 amide bonds. The molecule has 0 aliphatic carbocycles. The highest BCUT2D eigenvalue weighted by Crippen LogP contribution is 2.28. The fraction of sp³-hybridized carbons (Fsp3) is 0.600. The Kier molecular flexibility index (Phi) is 5.67. The number of rotatable bonds is 1. The number of benzene rings is 1. The fourth-order valence-electron chi connectivity index (χ4n) is 2.50. The molecule has 3 heteroatoms. The lowest BCUT2D eigenvalue weighted by Gasteiger charge is -2.47. The quantitative estimate of drug-likeness (QED) is 0.773. The van der Waals surface area contributed by atoms with E-state index in [0.29, 0.717) is 0 Å². The number of halogens is 1. The highest BCUT2D eigenvalue weighted by atomic mass is 79.9. The SMILES string of the molecule is CC.CN1CCN(c2ccc(Br)cc2)C(C)(C)C1. The summed E-state index contributed by atoms with van der Waals surface area (Å²) in [6.07, 6.45) is 0. The first-order valence-electron chi connectivity index (χ1n) is 6.71.